The Morgan fingerprint density at radius 2 is 2.18 bits per heavy atom. The summed E-state index contributed by atoms with van der Waals surface area (Å²) in [5, 5.41) is 6.90. The Balaban J connectivity index is 1.88. The van der Waals surface area contributed by atoms with Gasteiger partial charge >= 0.3 is 0 Å². The highest BCUT2D eigenvalue weighted by molar-refractivity contribution is 7.09. The normalized spacial score (nSPS) is 10.9. The molecule has 114 valence electrons. The lowest BCUT2D eigenvalue weighted by molar-refractivity contribution is 0.431. The lowest BCUT2D eigenvalue weighted by atomic mass is 10.2. The van der Waals surface area contributed by atoms with Crippen LogP contribution in [0, 0.1) is 0 Å². The van der Waals surface area contributed by atoms with E-state index in [-0.39, 0.29) is 0 Å². The first-order valence-electron chi connectivity index (χ1n) is 6.79. The summed E-state index contributed by atoms with van der Waals surface area (Å²) in [4.78, 5) is 15.0. The molecule has 2 N–H and O–H groups in total. The monoisotopic (exact) mass is 316 g/mol. The molecule has 0 aliphatic rings. The number of hydrogen-bond acceptors (Lipinski definition) is 8. The van der Waals surface area contributed by atoms with Gasteiger partial charge in [0, 0.05) is 37.7 Å². The van der Waals surface area contributed by atoms with Gasteiger partial charge in [0.25, 0.3) is 5.89 Å². The summed E-state index contributed by atoms with van der Waals surface area (Å²) in [6.07, 6.45) is 2.48. The van der Waals surface area contributed by atoms with E-state index in [1.807, 2.05) is 36.5 Å². The summed E-state index contributed by atoms with van der Waals surface area (Å²) in [5.41, 5.74) is 7.07. The van der Waals surface area contributed by atoms with Crippen LogP contribution in [0.3, 0.4) is 0 Å². The molecule has 0 spiro atoms. The highest BCUT2D eigenvalue weighted by Gasteiger charge is 2.14. The van der Waals surface area contributed by atoms with Gasteiger partial charge in [-0.05, 0) is 18.7 Å². The minimum Gasteiger partial charge on any atom is -0.363 e. The Bertz CT molecular complexity index is 766. The number of hydrogen-bond donors (Lipinski definition) is 1. The number of anilines is 1. The second kappa shape index (κ2) is 6.20. The molecule has 3 aromatic heterocycles. The van der Waals surface area contributed by atoms with Gasteiger partial charge in [-0.25, -0.2) is 9.97 Å². The average Bonchev–Trinajstić information content (AvgIpc) is 3.16. The third-order valence-corrected chi connectivity index (χ3v) is 3.93. The van der Waals surface area contributed by atoms with Gasteiger partial charge in [-0.1, -0.05) is 5.16 Å². The van der Waals surface area contributed by atoms with Crippen molar-refractivity contribution in [3.05, 3.63) is 28.7 Å². The molecule has 0 bridgehead atoms. The predicted molar refractivity (Wildman–Crippen MR) is 85.7 cm³/mol. The molecular formula is C14H16N6OS. The summed E-state index contributed by atoms with van der Waals surface area (Å²) in [7, 11) is 3.87. The van der Waals surface area contributed by atoms with E-state index in [4.69, 9.17) is 10.3 Å². The smallest absolute Gasteiger partial charge is 0.277 e. The molecular weight excluding hydrogens is 300 g/mol. The number of rotatable bonds is 5. The van der Waals surface area contributed by atoms with E-state index in [1.165, 1.54) is 0 Å². The Labute approximate surface area is 131 Å². The van der Waals surface area contributed by atoms with Crippen LogP contribution in [0.5, 0.6) is 0 Å². The van der Waals surface area contributed by atoms with Crippen molar-refractivity contribution in [3.8, 4) is 23.0 Å². The van der Waals surface area contributed by atoms with Gasteiger partial charge in [-0.2, -0.15) is 4.98 Å². The van der Waals surface area contributed by atoms with Crippen molar-refractivity contribution in [1.82, 2.24) is 20.1 Å². The fraction of sp³-hybridized carbons (Fsp3) is 0.286. The first-order chi connectivity index (χ1) is 10.7. The molecule has 3 aromatic rings. The highest BCUT2D eigenvalue weighted by atomic mass is 32.1. The first-order valence-corrected chi connectivity index (χ1v) is 7.67. The van der Waals surface area contributed by atoms with Crippen molar-refractivity contribution >= 4 is 17.2 Å². The zero-order valence-electron chi connectivity index (χ0n) is 12.4. The van der Waals surface area contributed by atoms with E-state index >= 15 is 0 Å². The van der Waals surface area contributed by atoms with Crippen molar-refractivity contribution < 1.29 is 4.52 Å². The fourth-order valence-corrected chi connectivity index (χ4v) is 2.68. The summed E-state index contributed by atoms with van der Waals surface area (Å²) in [6, 6.07) is 3.76. The summed E-state index contributed by atoms with van der Waals surface area (Å²) in [5.74, 6) is 1.77. The van der Waals surface area contributed by atoms with E-state index in [2.05, 4.69) is 20.1 Å². The molecule has 0 amide bonds. The number of aromatic nitrogens is 4. The summed E-state index contributed by atoms with van der Waals surface area (Å²) in [6.45, 7) is 0.576. The molecule has 7 nitrogen and oxygen atoms in total. The van der Waals surface area contributed by atoms with Gasteiger partial charge in [0.1, 0.15) is 11.5 Å². The number of pyridine rings is 1. The Kier molecular flexibility index (Phi) is 4.12. The van der Waals surface area contributed by atoms with Gasteiger partial charge in [0.05, 0.1) is 5.01 Å². The lowest BCUT2D eigenvalue weighted by Gasteiger charge is -2.10. The number of thiazole rings is 1. The van der Waals surface area contributed by atoms with Gasteiger partial charge < -0.3 is 15.2 Å². The molecule has 0 fully saturated rings. The summed E-state index contributed by atoms with van der Waals surface area (Å²) >= 11 is 1.54. The van der Waals surface area contributed by atoms with Crippen LogP contribution in [0.2, 0.25) is 0 Å². The summed E-state index contributed by atoms with van der Waals surface area (Å²) < 4.78 is 5.31. The fourth-order valence-electron chi connectivity index (χ4n) is 1.89. The van der Waals surface area contributed by atoms with Crippen LogP contribution in [-0.4, -0.2) is 40.7 Å². The largest absolute Gasteiger partial charge is 0.363 e. The minimum absolute atomic E-state index is 0.415. The van der Waals surface area contributed by atoms with E-state index in [9.17, 15) is 0 Å². The van der Waals surface area contributed by atoms with Crippen LogP contribution >= 0.6 is 11.3 Å². The second-order valence-corrected chi connectivity index (χ2v) is 5.83. The SMILES string of the molecule is CN(C)c1cc(-c2noc(-c3csc(CCN)n3)n2)ccn1. The molecule has 3 heterocycles. The van der Waals surface area contributed by atoms with Crippen molar-refractivity contribution in [2.45, 2.75) is 6.42 Å². The minimum atomic E-state index is 0.415. The van der Waals surface area contributed by atoms with E-state index in [0.717, 1.165) is 22.8 Å². The second-order valence-electron chi connectivity index (χ2n) is 4.89. The van der Waals surface area contributed by atoms with Crippen LogP contribution < -0.4 is 10.6 Å². The molecule has 0 saturated heterocycles. The van der Waals surface area contributed by atoms with Crippen LogP contribution in [0.15, 0.2) is 28.2 Å². The van der Waals surface area contributed by atoms with E-state index in [0.29, 0.717) is 24.0 Å². The van der Waals surface area contributed by atoms with Crippen LogP contribution in [0.1, 0.15) is 5.01 Å². The average molecular weight is 316 g/mol. The Morgan fingerprint density at radius 1 is 1.32 bits per heavy atom. The Hall–Kier alpha value is -2.32. The number of nitrogens with two attached hydrogens (primary N) is 1. The molecule has 0 aromatic carbocycles. The molecule has 0 atom stereocenters. The van der Waals surface area contributed by atoms with Crippen LogP contribution in [0.4, 0.5) is 5.82 Å². The van der Waals surface area contributed by atoms with Gasteiger partial charge in [0.15, 0.2) is 0 Å². The van der Waals surface area contributed by atoms with Crippen molar-refractivity contribution in [2.24, 2.45) is 5.73 Å². The van der Waals surface area contributed by atoms with Gasteiger partial charge in [0.2, 0.25) is 5.82 Å². The molecule has 0 aliphatic heterocycles. The molecule has 22 heavy (non-hydrogen) atoms. The maximum Gasteiger partial charge on any atom is 0.277 e. The van der Waals surface area contributed by atoms with E-state index in [1.54, 1.807) is 17.5 Å². The standard InChI is InChI=1S/C14H16N6OS/c1-20(2)11-7-9(4-6-16-11)13-18-14(21-19-13)10-8-22-12(17-10)3-5-15/h4,6-8H,3,5,15H2,1-2H3. The first kappa shape index (κ1) is 14.6. The van der Waals surface area contributed by atoms with E-state index < -0.39 is 0 Å². The van der Waals surface area contributed by atoms with Gasteiger partial charge in [-0.3, -0.25) is 0 Å². The lowest BCUT2D eigenvalue weighted by Crippen LogP contribution is -2.10. The van der Waals surface area contributed by atoms with Crippen molar-refractivity contribution in [1.29, 1.82) is 0 Å². The van der Waals surface area contributed by atoms with Crippen LogP contribution in [0.25, 0.3) is 23.0 Å². The number of nitrogens with zero attached hydrogens (tertiary/aromatic N) is 5. The molecule has 0 unspecified atom stereocenters. The highest BCUT2D eigenvalue weighted by Crippen LogP contribution is 2.25. The van der Waals surface area contributed by atoms with Crippen LogP contribution in [-0.2, 0) is 6.42 Å². The maximum absolute atomic E-state index is 5.53. The predicted octanol–water partition coefficient (Wildman–Crippen LogP) is 1.82. The third-order valence-electron chi connectivity index (χ3n) is 3.02. The Morgan fingerprint density at radius 3 is 2.95 bits per heavy atom. The van der Waals surface area contributed by atoms with Crippen molar-refractivity contribution in [2.75, 3.05) is 25.5 Å². The molecule has 0 aliphatic carbocycles. The topological polar surface area (TPSA) is 94.0 Å². The zero-order valence-corrected chi connectivity index (χ0v) is 13.2. The van der Waals surface area contributed by atoms with Gasteiger partial charge in [-0.15, -0.1) is 11.3 Å². The molecule has 0 radical (unpaired) electrons. The maximum atomic E-state index is 5.53. The van der Waals surface area contributed by atoms with Crippen molar-refractivity contribution in [3.63, 3.8) is 0 Å². The third kappa shape index (κ3) is 2.97. The zero-order chi connectivity index (χ0) is 15.5. The molecule has 0 saturated carbocycles. The molecule has 8 heteroatoms. The quantitative estimate of drug-likeness (QED) is 0.767. The molecule has 3 rings (SSSR count).